The van der Waals surface area contributed by atoms with Gasteiger partial charge in [0.15, 0.2) is 5.16 Å². The Morgan fingerprint density at radius 2 is 1.96 bits per heavy atom. The molecular formula is C20H20ClN3O2S2. The first-order chi connectivity index (χ1) is 13.5. The van der Waals surface area contributed by atoms with Crippen molar-refractivity contribution >= 4 is 50.8 Å². The van der Waals surface area contributed by atoms with Gasteiger partial charge in [-0.25, -0.2) is 4.98 Å². The maximum atomic E-state index is 13.4. The topological polar surface area (TPSA) is 64.0 Å². The molecule has 0 bridgehead atoms. The molecule has 1 N–H and O–H groups in total. The van der Waals surface area contributed by atoms with Crippen molar-refractivity contribution in [3.05, 3.63) is 50.1 Å². The largest absolute Gasteiger partial charge is 0.355 e. The Labute approximate surface area is 176 Å². The van der Waals surface area contributed by atoms with E-state index in [1.54, 1.807) is 16.7 Å². The first kappa shape index (κ1) is 19.5. The summed E-state index contributed by atoms with van der Waals surface area (Å²) in [5, 5.41) is 4.49. The Morgan fingerprint density at radius 3 is 2.71 bits per heavy atom. The van der Waals surface area contributed by atoms with Gasteiger partial charge in [0.2, 0.25) is 5.91 Å². The molecule has 146 valence electrons. The molecule has 1 aromatic carbocycles. The van der Waals surface area contributed by atoms with Crippen molar-refractivity contribution in [1.29, 1.82) is 0 Å². The maximum absolute atomic E-state index is 13.4. The van der Waals surface area contributed by atoms with E-state index in [0.29, 0.717) is 27.8 Å². The summed E-state index contributed by atoms with van der Waals surface area (Å²) in [6, 6.07) is 7.13. The molecule has 1 amide bonds. The lowest BCUT2D eigenvalue weighted by molar-refractivity contribution is -0.120. The predicted molar refractivity (Wildman–Crippen MR) is 116 cm³/mol. The molecule has 5 nitrogen and oxygen atoms in total. The molecule has 0 radical (unpaired) electrons. The highest BCUT2D eigenvalue weighted by Crippen LogP contribution is 2.32. The van der Waals surface area contributed by atoms with Crippen molar-refractivity contribution in [3.63, 3.8) is 0 Å². The van der Waals surface area contributed by atoms with Gasteiger partial charge in [-0.3, -0.25) is 14.2 Å². The lowest BCUT2D eigenvalue weighted by Crippen LogP contribution is -2.31. The van der Waals surface area contributed by atoms with Gasteiger partial charge in [-0.1, -0.05) is 29.8 Å². The van der Waals surface area contributed by atoms with Gasteiger partial charge in [0.25, 0.3) is 5.56 Å². The number of halogens is 1. The highest BCUT2D eigenvalue weighted by Gasteiger charge is 2.26. The monoisotopic (exact) mass is 433 g/mol. The van der Waals surface area contributed by atoms with Gasteiger partial charge < -0.3 is 5.32 Å². The zero-order valence-electron chi connectivity index (χ0n) is 15.6. The number of hydrogen-bond acceptors (Lipinski definition) is 5. The van der Waals surface area contributed by atoms with E-state index in [2.05, 4.69) is 5.32 Å². The second-order valence-electron chi connectivity index (χ2n) is 6.87. The second kappa shape index (κ2) is 7.89. The fourth-order valence-corrected chi connectivity index (χ4v) is 5.69. The summed E-state index contributed by atoms with van der Waals surface area (Å²) in [6.07, 6.45) is 2.72. The minimum atomic E-state index is -0.257. The van der Waals surface area contributed by atoms with Crippen LogP contribution in [-0.2, 0) is 4.79 Å². The normalized spacial score (nSPS) is 17.5. The minimum absolute atomic E-state index is 0.0121. The van der Waals surface area contributed by atoms with Gasteiger partial charge in [-0.2, -0.15) is 0 Å². The van der Waals surface area contributed by atoms with Crippen LogP contribution >= 0.6 is 34.7 Å². The lowest BCUT2D eigenvalue weighted by Gasteiger charge is -2.16. The molecular weight excluding hydrogens is 414 g/mol. The fraction of sp³-hybridized carbons (Fsp3) is 0.350. The fourth-order valence-electron chi connectivity index (χ4n) is 3.32. The van der Waals surface area contributed by atoms with Crippen LogP contribution in [0.3, 0.4) is 0 Å². The lowest BCUT2D eigenvalue weighted by atomic mass is 10.2. The van der Waals surface area contributed by atoms with Crippen molar-refractivity contribution in [1.82, 2.24) is 14.9 Å². The van der Waals surface area contributed by atoms with Crippen LogP contribution in [0.1, 0.15) is 29.7 Å². The number of hydrogen-bond donors (Lipinski definition) is 1. The third-order valence-electron chi connectivity index (χ3n) is 4.99. The van der Waals surface area contributed by atoms with E-state index in [-0.39, 0.29) is 16.7 Å². The Bertz CT molecular complexity index is 1110. The number of nitrogens with one attached hydrogen (secondary N) is 1. The van der Waals surface area contributed by atoms with E-state index in [1.165, 1.54) is 23.1 Å². The smallest absolute Gasteiger partial charge is 0.267 e. The van der Waals surface area contributed by atoms with Gasteiger partial charge in [-0.05, 0) is 56.5 Å². The molecule has 1 fully saturated rings. The van der Waals surface area contributed by atoms with Crippen LogP contribution in [0.15, 0.2) is 34.2 Å². The molecule has 8 heteroatoms. The summed E-state index contributed by atoms with van der Waals surface area (Å²) in [5.41, 5.74) is 1.55. The molecule has 1 atom stereocenters. The molecule has 3 heterocycles. The number of aryl methyl sites for hydroxylation is 2. The van der Waals surface area contributed by atoms with Crippen LogP contribution in [0.5, 0.6) is 0 Å². The highest BCUT2D eigenvalue weighted by atomic mass is 35.5. The van der Waals surface area contributed by atoms with Crippen LogP contribution in [0.25, 0.3) is 15.9 Å². The Hall–Kier alpha value is -1.83. The van der Waals surface area contributed by atoms with Crippen LogP contribution in [-0.4, -0.2) is 27.3 Å². The summed E-state index contributed by atoms with van der Waals surface area (Å²) >= 11 is 8.93. The molecule has 0 aliphatic carbocycles. The highest BCUT2D eigenvalue weighted by molar-refractivity contribution is 8.00. The Balaban J connectivity index is 1.90. The van der Waals surface area contributed by atoms with Crippen molar-refractivity contribution in [2.75, 3.05) is 6.54 Å². The number of benzene rings is 1. The molecule has 1 aliphatic heterocycles. The third-order valence-corrected chi connectivity index (χ3v) is 7.56. The van der Waals surface area contributed by atoms with E-state index in [4.69, 9.17) is 16.6 Å². The van der Waals surface area contributed by atoms with E-state index in [0.717, 1.165) is 34.5 Å². The number of thiophene rings is 1. The number of aromatic nitrogens is 2. The third kappa shape index (κ3) is 3.58. The van der Waals surface area contributed by atoms with E-state index in [1.807, 2.05) is 26.0 Å². The van der Waals surface area contributed by atoms with Gasteiger partial charge in [0, 0.05) is 16.4 Å². The van der Waals surface area contributed by atoms with Gasteiger partial charge in [0.1, 0.15) is 4.83 Å². The number of carbonyl (C=O) groups excluding carboxylic acids is 1. The van der Waals surface area contributed by atoms with Crippen molar-refractivity contribution < 1.29 is 4.79 Å². The van der Waals surface area contributed by atoms with E-state index >= 15 is 0 Å². The number of nitrogens with zero attached hydrogens (tertiary/aromatic N) is 2. The zero-order chi connectivity index (χ0) is 19.8. The van der Waals surface area contributed by atoms with Gasteiger partial charge >= 0.3 is 0 Å². The number of rotatable bonds is 3. The van der Waals surface area contributed by atoms with Crippen LogP contribution in [0.2, 0.25) is 5.02 Å². The van der Waals surface area contributed by atoms with E-state index < -0.39 is 0 Å². The average molecular weight is 434 g/mol. The molecule has 2 aromatic heterocycles. The molecule has 0 unspecified atom stereocenters. The van der Waals surface area contributed by atoms with E-state index in [9.17, 15) is 9.59 Å². The van der Waals surface area contributed by atoms with Crippen LogP contribution in [0.4, 0.5) is 0 Å². The summed E-state index contributed by atoms with van der Waals surface area (Å²) in [5.74, 6) is 0.0121. The van der Waals surface area contributed by atoms with Gasteiger partial charge in [-0.15, -0.1) is 11.3 Å². The SMILES string of the molecule is Cc1sc2nc(S[C@H]3CCCCNC3=O)n(-c3ccc(Cl)cc3)c(=O)c2c1C. The second-order valence-corrected chi connectivity index (χ2v) is 9.68. The van der Waals surface area contributed by atoms with Crippen molar-refractivity contribution in [3.8, 4) is 5.69 Å². The summed E-state index contributed by atoms with van der Waals surface area (Å²) in [4.78, 5) is 32.5. The number of carbonyl (C=O) groups is 1. The van der Waals surface area contributed by atoms with Crippen molar-refractivity contribution in [2.24, 2.45) is 0 Å². The van der Waals surface area contributed by atoms with Crippen LogP contribution in [0, 0.1) is 13.8 Å². The first-order valence-electron chi connectivity index (χ1n) is 9.19. The molecule has 1 aliphatic rings. The quantitative estimate of drug-likeness (QED) is 0.618. The molecule has 3 aromatic rings. The van der Waals surface area contributed by atoms with Crippen LogP contribution < -0.4 is 10.9 Å². The maximum Gasteiger partial charge on any atom is 0.267 e. The van der Waals surface area contributed by atoms with Gasteiger partial charge in [0.05, 0.1) is 16.3 Å². The minimum Gasteiger partial charge on any atom is -0.355 e. The number of thioether (sulfide) groups is 1. The summed E-state index contributed by atoms with van der Waals surface area (Å²) in [7, 11) is 0. The number of amides is 1. The summed E-state index contributed by atoms with van der Waals surface area (Å²) in [6.45, 7) is 4.66. The number of fused-ring (bicyclic) bond motifs is 1. The standard InChI is InChI=1S/C20H20ClN3O2S2/c1-11-12(2)27-18-16(11)19(26)24(14-8-6-13(21)7-9-14)20(23-18)28-15-5-3-4-10-22-17(15)25/h6-9,15H,3-5,10H2,1-2H3,(H,22,25)/t15-/m0/s1. The Kier molecular flexibility index (Phi) is 5.49. The zero-order valence-corrected chi connectivity index (χ0v) is 18.0. The Morgan fingerprint density at radius 1 is 1.21 bits per heavy atom. The molecule has 4 rings (SSSR count). The first-order valence-corrected chi connectivity index (χ1v) is 11.3. The average Bonchev–Trinajstić information content (AvgIpc) is 2.81. The molecule has 1 saturated heterocycles. The molecule has 28 heavy (non-hydrogen) atoms. The molecule has 0 saturated carbocycles. The van der Waals surface area contributed by atoms with Crippen molar-refractivity contribution in [2.45, 2.75) is 43.5 Å². The predicted octanol–water partition coefficient (Wildman–Crippen LogP) is 4.48. The summed E-state index contributed by atoms with van der Waals surface area (Å²) < 4.78 is 1.61. The molecule has 0 spiro atoms.